The van der Waals surface area contributed by atoms with Gasteiger partial charge in [0.25, 0.3) is 0 Å². The molecule has 0 spiro atoms. The molecule has 0 aliphatic rings. The minimum Gasteiger partial charge on any atom is -0.362 e. The van der Waals surface area contributed by atoms with Gasteiger partial charge in [-0.2, -0.15) is 0 Å². The summed E-state index contributed by atoms with van der Waals surface area (Å²) in [5, 5.41) is 2.97. The van der Waals surface area contributed by atoms with Gasteiger partial charge in [0.1, 0.15) is 0 Å². The molecule has 2 nitrogen and oxygen atoms in total. The molecule has 0 aliphatic carbocycles. The van der Waals surface area contributed by atoms with Crippen LogP contribution in [0.4, 0.5) is 5.69 Å². The Labute approximate surface area is 60.6 Å². The molecule has 0 atom stereocenters. The van der Waals surface area contributed by atoms with Crippen LogP contribution in [0.3, 0.4) is 0 Å². The van der Waals surface area contributed by atoms with Crippen LogP contribution < -0.4 is 5.32 Å². The van der Waals surface area contributed by atoms with E-state index in [0.29, 0.717) is 0 Å². The summed E-state index contributed by atoms with van der Waals surface area (Å²) in [6, 6.07) is 3.86. The van der Waals surface area contributed by atoms with Crippen LogP contribution >= 0.6 is 0 Å². The number of aromatic nitrogens is 1. The van der Waals surface area contributed by atoms with E-state index in [9.17, 15) is 0 Å². The van der Waals surface area contributed by atoms with Crippen molar-refractivity contribution >= 4 is 5.69 Å². The van der Waals surface area contributed by atoms with E-state index in [2.05, 4.69) is 16.9 Å². The molecule has 1 aromatic rings. The highest BCUT2D eigenvalue weighted by Gasteiger charge is 1.87. The monoisotopic (exact) mass is 134 g/mol. The van der Waals surface area contributed by atoms with E-state index in [-0.39, 0.29) is 0 Å². The largest absolute Gasteiger partial charge is 0.362 e. The van der Waals surface area contributed by atoms with Gasteiger partial charge in [-0.3, -0.25) is 4.98 Å². The van der Waals surface area contributed by atoms with Crippen molar-refractivity contribution in [3.05, 3.63) is 36.8 Å². The molecule has 1 rings (SSSR count). The first kappa shape index (κ1) is 6.81. The lowest BCUT2D eigenvalue weighted by Gasteiger charge is -1.98. The maximum Gasteiger partial charge on any atom is 0.0413 e. The van der Waals surface area contributed by atoms with Gasteiger partial charge in [0.2, 0.25) is 0 Å². The number of nitrogens with zero attached hydrogens (tertiary/aromatic N) is 1. The highest BCUT2D eigenvalue weighted by atomic mass is 14.8. The SMILES string of the molecule is C=CNc1ccnc(C)c1. The smallest absolute Gasteiger partial charge is 0.0413 e. The quantitative estimate of drug-likeness (QED) is 0.668. The van der Waals surface area contributed by atoms with Gasteiger partial charge >= 0.3 is 0 Å². The Balaban J connectivity index is 2.84. The summed E-state index contributed by atoms with van der Waals surface area (Å²) in [4.78, 5) is 4.05. The van der Waals surface area contributed by atoms with Crippen molar-refractivity contribution in [2.24, 2.45) is 0 Å². The molecule has 1 aromatic heterocycles. The van der Waals surface area contributed by atoms with Crippen LogP contribution in [-0.4, -0.2) is 4.98 Å². The summed E-state index contributed by atoms with van der Waals surface area (Å²) in [5.41, 5.74) is 2.04. The topological polar surface area (TPSA) is 24.9 Å². The Kier molecular flexibility index (Phi) is 2.05. The first-order valence-corrected chi connectivity index (χ1v) is 3.13. The summed E-state index contributed by atoms with van der Waals surface area (Å²) in [7, 11) is 0. The number of hydrogen-bond acceptors (Lipinski definition) is 2. The maximum atomic E-state index is 4.05. The van der Waals surface area contributed by atoms with Crippen molar-refractivity contribution in [3.8, 4) is 0 Å². The summed E-state index contributed by atoms with van der Waals surface area (Å²) < 4.78 is 0. The van der Waals surface area contributed by atoms with Crippen molar-refractivity contribution in [1.29, 1.82) is 0 Å². The summed E-state index contributed by atoms with van der Waals surface area (Å²) >= 11 is 0. The standard InChI is InChI=1S/C8H10N2/c1-3-9-8-4-5-10-7(2)6-8/h3-6H,1H2,2H3,(H,9,10). The molecule has 0 unspecified atom stereocenters. The van der Waals surface area contributed by atoms with Crippen molar-refractivity contribution < 1.29 is 0 Å². The fourth-order valence-corrected chi connectivity index (χ4v) is 0.753. The van der Waals surface area contributed by atoms with Gasteiger partial charge in [-0.25, -0.2) is 0 Å². The van der Waals surface area contributed by atoms with Crippen LogP contribution in [0.15, 0.2) is 31.1 Å². The summed E-state index contributed by atoms with van der Waals surface area (Å²) in [5.74, 6) is 0. The van der Waals surface area contributed by atoms with E-state index in [4.69, 9.17) is 0 Å². The Bertz CT molecular complexity index is 230. The number of anilines is 1. The summed E-state index contributed by atoms with van der Waals surface area (Å²) in [6.07, 6.45) is 3.41. The molecule has 0 bridgehead atoms. The van der Waals surface area contributed by atoms with Gasteiger partial charge in [-0.15, -0.1) is 0 Å². The van der Waals surface area contributed by atoms with Gasteiger partial charge in [-0.05, 0) is 25.3 Å². The number of nitrogens with one attached hydrogen (secondary N) is 1. The zero-order valence-corrected chi connectivity index (χ0v) is 5.96. The highest BCUT2D eigenvalue weighted by Crippen LogP contribution is 2.05. The summed E-state index contributed by atoms with van der Waals surface area (Å²) in [6.45, 7) is 5.51. The van der Waals surface area contributed by atoms with E-state index < -0.39 is 0 Å². The molecule has 0 amide bonds. The Hall–Kier alpha value is -1.31. The lowest BCUT2D eigenvalue weighted by atomic mass is 10.3. The molecule has 0 radical (unpaired) electrons. The van der Waals surface area contributed by atoms with Crippen molar-refractivity contribution in [2.45, 2.75) is 6.92 Å². The lowest BCUT2D eigenvalue weighted by Crippen LogP contribution is -1.87. The molecule has 1 N–H and O–H groups in total. The van der Waals surface area contributed by atoms with Crippen LogP contribution in [-0.2, 0) is 0 Å². The van der Waals surface area contributed by atoms with Crippen LogP contribution in [0, 0.1) is 6.92 Å². The molecule has 1 heterocycles. The number of rotatable bonds is 2. The van der Waals surface area contributed by atoms with Crippen LogP contribution in [0.2, 0.25) is 0 Å². The third kappa shape index (κ3) is 1.58. The predicted molar refractivity (Wildman–Crippen MR) is 42.8 cm³/mol. The Morgan fingerprint density at radius 3 is 3.10 bits per heavy atom. The molecule has 0 aliphatic heterocycles. The van der Waals surface area contributed by atoms with E-state index in [1.54, 1.807) is 12.4 Å². The average Bonchev–Trinajstić information content (AvgIpc) is 1.88. The fourth-order valence-electron chi connectivity index (χ4n) is 0.753. The predicted octanol–water partition coefficient (Wildman–Crippen LogP) is 1.95. The van der Waals surface area contributed by atoms with Gasteiger partial charge in [0, 0.05) is 17.6 Å². The molecule has 0 aromatic carbocycles. The lowest BCUT2D eigenvalue weighted by molar-refractivity contribution is 1.20. The molecule has 2 heteroatoms. The van der Waals surface area contributed by atoms with E-state index in [1.807, 2.05) is 19.1 Å². The second-order valence-corrected chi connectivity index (χ2v) is 2.03. The first-order chi connectivity index (χ1) is 4.83. The zero-order valence-electron chi connectivity index (χ0n) is 5.96. The number of hydrogen-bond donors (Lipinski definition) is 1. The number of pyridine rings is 1. The van der Waals surface area contributed by atoms with Gasteiger partial charge in [-0.1, -0.05) is 6.58 Å². The van der Waals surface area contributed by atoms with Crippen LogP contribution in [0.5, 0.6) is 0 Å². The molecular formula is C8H10N2. The average molecular weight is 134 g/mol. The minimum atomic E-state index is 1.01. The third-order valence-corrected chi connectivity index (χ3v) is 1.17. The van der Waals surface area contributed by atoms with Crippen molar-refractivity contribution in [1.82, 2.24) is 4.98 Å². The van der Waals surface area contributed by atoms with Gasteiger partial charge in [0.15, 0.2) is 0 Å². The second-order valence-electron chi connectivity index (χ2n) is 2.03. The minimum absolute atomic E-state index is 1.01. The zero-order chi connectivity index (χ0) is 7.40. The third-order valence-electron chi connectivity index (χ3n) is 1.17. The maximum absolute atomic E-state index is 4.05. The first-order valence-electron chi connectivity index (χ1n) is 3.13. The molecule has 0 fully saturated rings. The van der Waals surface area contributed by atoms with Crippen LogP contribution in [0.25, 0.3) is 0 Å². The van der Waals surface area contributed by atoms with E-state index in [1.165, 1.54) is 0 Å². The molecule has 0 saturated heterocycles. The number of aryl methyl sites for hydroxylation is 1. The Morgan fingerprint density at radius 1 is 1.70 bits per heavy atom. The normalized spacial score (nSPS) is 8.90. The van der Waals surface area contributed by atoms with Crippen molar-refractivity contribution in [2.75, 3.05) is 5.32 Å². The van der Waals surface area contributed by atoms with Crippen molar-refractivity contribution in [3.63, 3.8) is 0 Å². The van der Waals surface area contributed by atoms with Gasteiger partial charge in [0.05, 0.1) is 0 Å². The van der Waals surface area contributed by atoms with Gasteiger partial charge < -0.3 is 5.32 Å². The van der Waals surface area contributed by atoms with E-state index in [0.717, 1.165) is 11.4 Å². The second kappa shape index (κ2) is 3.01. The highest BCUT2D eigenvalue weighted by molar-refractivity contribution is 5.44. The fraction of sp³-hybridized carbons (Fsp3) is 0.125. The molecule has 0 saturated carbocycles. The van der Waals surface area contributed by atoms with E-state index >= 15 is 0 Å². The van der Waals surface area contributed by atoms with Crippen LogP contribution in [0.1, 0.15) is 5.69 Å². The Morgan fingerprint density at radius 2 is 2.50 bits per heavy atom. The molecule has 52 valence electrons. The molecular weight excluding hydrogens is 124 g/mol. The molecule has 10 heavy (non-hydrogen) atoms.